The molecular formula is C23H28FN3O3. The van der Waals surface area contributed by atoms with Gasteiger partial charge in [-0.05, 0) is 49.9 Å². The van der Waals surface area contributed by atoms with Crippen molar-refractivity contribution in [2.45, 2.75) is 58.3 Å². The van der Waals surface area contributed by atoms with Crippen LogP contribution in [0.3, 0.4) is 0 Å². The first kappa shape index (κ1) is 20.6. The molecule has 2 aromatic rings. The first-order valence-corrected chi connectivity index (χ1v) is 10.7. The average Bonchev–Trinajstić information content (AvgIpc) is 3.36. The van der Waals surface area contributed by atoms with Gasteiger partial charge in [-0.1, -0.05) is 19.1 Å². The van der Waals surface area contributed by atoms with Crippen LogP contribution in [0.5, 0.6) is 0 Å². The highest BCUT2D eigenvalue weighted by atomic mass is 19.1. The molecule has 1 aromatic carbocycles. The van der Waals surface area contributed by atoms with E-state index in [0.717, 1.165) is 30.6 Å². The van der Waals surface area contributed by atoms with Crippen molar-refractivity contribution in [3.63, 3.8) is 0 Å². The highest BCUT2D eigenvalue weighted by molar-refractivity contribution is 6.01. The molecule has 0 spiro atoms. The first-order valence-electron chi connectivity index (χ1n) is 10.7. The Balaban J connectivity index is 1.61. The molecule has 160 valence electrons. The predicted octanol–water partition coefficient (Wildman–Crippen LogP) is 3.66. The Morgan fingerprint density at radius 2 is 2.03 bits per heavy atom. The summed E-state index contributed by atoms with van der Waals surface area (Å²) in [5, 5.41) is 3.04. The zero-order chi connectivity index (χ0) is 21.3. The number of likely N-dealkylation sites (tertiary alicyclic amines) is 1. The number of rotatable bonds is 5. The van der Waals surface area contributed by atoms with E-state index in [-0.39, 0.29) is 29.7 Å². The van der Waals surface area contributed by atoms with Crippen LogP contribution in [-0.4, -0.2) is 40.5 Å². The van der Waals surface area contributed by atoms with Gasteiger partial charge in [-0.15, -0.1) is 0 Å². The summed E-state index contributed by atoms with van der Waals surface area (Å²) >= 11 is 0. The number of carbonyl (C=O) groups is 2. The summed E-state index contributed by atoms with van der Waals surface area (Å²) in [6.07, 6.45) is 2.68. The van der Waals surface area contributed by atoms with Gasteiger partial charge in [0.05, 0.1) is 30.5 Å². The SMILES string of the molecule is CCC(NC(=O)c1cc(C(=O)N2CCCC2C)n2c1COCC2)c1ccc(F)cc1. The lowest BCUT2D eigenvalue weighted by molar-refractivity contribution is 0.0683. The molecule has 2 amide bonds. The van der Waals surface area contributed by atoms with E-state index < -0.39 is 0 Å². The van der Waals surface area contributed by atoms with E-state index in [1.54, 1.807) is 18.2 Å². The van der Waals surface area contributed by atoms with Crippen LogP contribution < -0.4 is 5.32 Å². The third-order valence-corrected chi connectivity index (χ3v) is 6.17. The number of aromatic nitrogens is 1. The van der Waals surface area contributed by atoms with Crippen molar-refractivity contribution in [3.05, 3.63) is 58.7 Å². The predicted molar refractivity (Wildman–Crippen MR) is 111 cm³/mol. The van der Waals surface area contributed by atoms with Gasteiger partial charge in [-0.2, -0.15) is 0 Å². The lowest BCUT2D eigenvalue weighted by Gasteiger charge is -2.24. The van der Waals surface area contributed by atoms with E-state index in [2.05, 4.69) is 12.2 Å². The van der Waals surface area contributed by atoms with Crippen LogP contribution in [0.15, 0.2) is 30.3 Å². The summed E-state index contributed by atoms with van der Waals surface area (Å²) < 4.78 is 20.8. The Hall–Kier alpha value is -2.67. The van der Waals surface area contributed by atoms with E-state index in [9.17, 15) is 14.0 Å². The van der Waals surface area contributed by atoms with Crippen LogP contribution in [0, 0.1) is 5.82 Å². The standard InChI is InChI=1S/C23H28FN3O3/c1-3-19(16-6-8-17(24)9-7-16)25-22(28)18-13-20(27-11-12-30-14-21(18)27)23(29)26-10-4-5-15(26)2/h6-9,13,15,19H,3-5,10-12,14H2,1-2H3,(H,25,28). The van der Waals surface area contributed by atoms with Gasteiger partial charge in [-0.25, -0.2) is 4.39 Å². The number of ether oxygens (including phenoxy) is 1. The Morgan fingerprint density at radius 1 is 1.27 bits per heavy atom. The smallest absolute Gasteiger partial charge is 0.270 e. The molecule has 1 aromatic heterocycles. The van der Waals surface area contributed by atoms with Crippen molar-refractivity contribution in [2.24, 2.45) is 0 Å². The van der Waals surface area contributed by atoms with E-state index in [1.165, 1.54) is 12.1 Å². The Labute approximate surface area is 176 Å². The third kappa shape index (κ3) is 3.86. The number of nitrogens with one attached hydrogen (secondary N) is 1. The molecule has 6 nitrogen and oxygen atoms in total. The van der Waals surface area contributed by atoms with Crippen LogP contribution in [-0.2, 0) is 17.9 Å². The second kappa shape index (κ2) is 8.60. The minimum absolute atomic E-state index is 0.0206. The lowest BCUT2D eigenvalue weighted by Crippen LogP contribution is -2.35. The second-order valence-corrected chi connectivity index (χ2v) is 8.07. The van der Waals surface area contributed by atoms with Gasteiger partial charge in [0.1, 0.15) is 11.5 Å². The molecule has 7 heteroatoms. The summed E-state index contributed by atoms with van der Waals surface area (Å²) in [4.78, 5) is 28.3. The van der Waals surface area contributed by atoms with Crippen molar-refractivity contribution < 1.29 is 18.7 Å². The Bertz CT molecular complexity index is 938. The average molecular weight is 413 g/mol. The highest BCUT2D eigenvalue weighted by Crippen LogP contribution is 2.26. The fourth-order valence-corrected chi connectivity index (χ4v) is 4.43. The summed E-state index contributed by atoms with van der Waals surface area (Å²) in [7, 11) is 0. The number of amides is 2. The Morgan fingerprint density at radius 3 is 2.70 bits per heavy atom. The largest absolute Gasteiger partial charge is 0.373 e. The minimum Gasteiger partial charge on any atom is -0.373 e. The van der Waals surface area contributed by atoms with E-state index in [0.29, 0.717) is 37.4 Å². The summed E-state index contributed by atoms with van der Waals surface area (Å²) in [6.45, 7) is 6.17. The van der Waals surface area contributed by atoms with E-state index >= 15 is 0 Å². The number of nitrogens with zero attached hydrogens (tertiary/aromatic N) is 2. The summed E-state index contributed by atoms with van der Waals surface area (Å²) in [5.74, 6) is -0.570. The lowest BCUT2D eigenvalue weighted by atomic mass is 10.0. The highest BCUT2D eigenvalue weighted by Gasteiger charge is 2.32. The monoisotopic (exact) mass is 413 g/mol. The molecule has 0 aliphatic carbocycles. The number of hydrogen-bond acceptors (Lipinski definition) is 3. The molecule has 0 bridgehead atoms. The topological polar surface area (TPSA) is 63.6 Å². The van der Waals surface area contributed by atoms with Crippen molar-refractivity contribution in [1.29, 1.82) is 0 Å². The van der Waals surface area contributed by atoms with Gasteiger partial charge in [0.25, 0.3) is 11.8 Å². The van der Waals surface area contributed by atoms with E-state index in [4.69, 9.17) is 4.74 Å². The number of hydrogen-bond donors (Lipinski definition) is 1. The van der Waals surface area contributed by atoms with Gasteiger partial charge in [0.15, 0.2) is 0 Å². The minimum atomic E-state index is -0.308. The number of benzene rings is 1. The first-order chi connectivity index (χ1) is 14.5. The maximum atomic E-state index is 13.3. The summed E-state index contributed by atoms with van der Waals surface area (Å²) in [6, 6.07) is 7.85. The third-order valence-electron chi connectivity index (χ3n) is 6.17. The van der Waals surface area contributed by atoms with Gasteiger partial charge >= 0.3 is 0 Å². The number of fused-ring (bicyclic) bond motifs is 1. The zero-order valence-corrected chi connectivity index (χ0v) is 17.5. The molecule has 1 saturated heterocycles. The van der Waals surface area contributed by atoms with Gasteiger partial charge in [0.2, 0.25) is 0 Å². The van der Waals surface area contributed by atoms with Crippen LogP contribution >= 0.6 is 0 Å². The zero-order valence-electron chi connectivity index (χ0n) is 17.5. The molecule has 1 fully saturated rings. The van der Waals surface area contributed by atoms with Gasteiger partial charge in [-0.3, -0.25) is 9.59 Å². The molecule has 3 heterocycles. The van der Waals surface area contributed by atoms with Crippen molar-refractivity contribution >= 4 is 11.8 Å². The van der Waals surface area contributed by atoms with Crippen LogP contribution in [0.25, 0.3) is 0 Å². The number of carbonyl (C=O) groups excluding carboxylic acids is 2. The van der Waals surface area contributed by atoms with Crippen molar-refractivity contribution in [1.82, 2.24) is 14.8 Å². The molecule has 2 aliphatic heterocycles. The fraction of sp³-hybridized carbons (Fsp3) is 0.478. The fourth-order valence-electron chi connectivity index (χ4n) is 4.43. The Kier molecular flexibility index (Phi) is 5.90. The maximum absolute atomic E-state index is 13.3. The van der Waals surface area contributed by atoms with Crippen LogP contribution in [0.1, 0.15) is 71.3 Å². The quantitative estimate of drug-likeness (QED) is 0.814. The second-order valence-electron chi connectivity index (χ2n) is 8.07. The molecule has 4 rings (SSSR count). The van der Waals surface area contributed by atoms with Gasteiger partial charge in [0, 0.05) is 19.1 Å². The molecular weight excluding hydrogens is 385 g/mol. The van der Waals surface area contributed by atoms with Crippen LogP contribution in [0.2, 0.25) is 0 Å². The maximum Gasteiger partial charge on any atom is 0.270 e. The molecule has 2 unspecified atom stereocenters. The van der Waals surface area contributed by atoms with Crippen molar-refractivity contribution in [3.8, 4) is 0 Å². The van der Waals surface area contributed by atoms with E-state index in [1.807, 2.05) is 16.4 Å². The van der Waals surface area contributed by atoms with Gasteiger partial charge < -0.3 is 19.5 Å². The summed E-state index contributed by atoms with van der Waals surface area (Å²) in [5.41, 5.74) is 2.62. The van der Waals surface area contributed by atoms with Crippen molar-refractivity contribution in [2.75, 3.05) is 13.2 Å². The molecule has 2 atom stereocenters. The molecule has 0 radical (unpaired) electrons. The van der Waals surface area contributed by atoms with Crippen LogP contribution in [0.4, 0.5) is 4.39 Å². The normalized spacial score (nSPS) is 19.4. The molecule has 0 saturated carbocycles. The number of halogens is 1. The molecule has 30 heavy (non-hydrogen) atoms. The molecule has 2 aliphatic rings. The molecule has 1 N–H and O–H groups in total.